The maximum atomic E-state index is 9.28. The first kappa shape index (κ1) is 15.0. The Morgan fingerprint density at radius 2 is 2.20 bits per heavy atom. The minimum Gasteiger partial charge on any atom is -0.395 e. The molecular weight excluding hydrogens is 272 g/mol. The summed E-state index contributed by atoms with van der Waals surface area (Å²) in [4.78, 5) is 12.3. The van der Waals surface area contributed by atoms with Crippen LogP contribution in [-0.2, 0) is 0 Å². The minimum absolute atomic E-state index is 0.117. The minimum atomic E-state index is 0.117. The van der Waals surface area contributed by atoms with Crippen molar-refractivity contribution in [2.24, 2.45) is 0 Å². The highest BCUT2D eigenvalue weighted by atomic mass is 32.1. The third kappa shape index (κ3) is 3.19. The van der Waals surface area contributed by atoms with Gasteiger partial charge in [0.25, 0.3) is 0 Å². The smallest absolute Gasteiger partial charge is 0.226 e. The summed E-state index contributed by atoms with van der Waals surface area (Å²) in [6, 6.07) is 2.32. The lowest BCUT2D eigenvalue weighted by Gasteiger charge is -2.27. The van der Waals surface area contributed by atoms with Crippen molar-refractivity contribution in [3.63, 3.8) is 0 Å². The molecule has 0 aliphatic carbocycles. The molecule has 0 saturated carbocycles. The molecule has 2 N–H and O–H groups in total. The van der Waals surface area contributed by atoms with Crippen LogP contribution >= 0.6 is 11.3 Å². The highest BCUT2D eigenvalue weighted by molar-refractivity contribution is 7.16. The van der Waals surface area contributed by atoms with Crippen molar-refractivity contribution in [3.05, 3.63) is 11.4 Å². The van der Waals surface area contributed by atoms with Gasteiger partial charge in [0.05, 0.1) is 12.0 Å². The molecule has 0 fully saturated rings. The van der Waals surface area contributed by atoms with E-state index in [0.29, 0.717) is 12.5 Å². The zero-order valence-electron chi connectivity index (χ0n) is 12.3. The normalized spacial score (nSPS) is 11.2. The van der Waals surface area contributed by atoms with Crippen LogP contribution in [0.15, 0.2) is 11.4 Å². The number of aromatic nitrogens is 2. The van der Waals surface area contributed by atoms with Gasteiger partial charge in [-0.3, -0.25) is 0 Å². The van der Waals surface area contributed by atoms with Gasteiger partial charge in [-0.05, 0) is 31.7 Å². The number of aliphatic hydroxyl groups is 1. The molecule has 2 aromatic heterocycles. The molecule has 2 aromatic rings. The van der Waals surface area contributed by atoms with Crippen LogP contribution in [0.1, 0.15) is 27.2 Å². The molecule has 0 aromatic carbocycles. The Hall–Kier alpha value is -1.40. The average molecular weight is 294 g/mol. The number of hydrogen-bond acceptors (Lipinski definition) is 6. The molecule has 20 heavy (non-hydrogen) atoms. The van der Waals surface area contributed by atoms with E-state index in [-0.39, 0.29) is 12.6 Å². The number of nitrogens with zero attached hydrogens (tertiary/aromatic N) is 3. The highest BCUT2D eigenvalue weighted by Crippen LogP contribution is 2.30. The molecule has 0 aliphatic rings. The van der Waals surface area contributed by atoms with Crippen molar-refractivity contribution in [3.8, 4) is 0 Å². The van der Waals surface area contributed by atoms with Gasteiger partial charge in [0.2, 0.25) is 5.95 Å². The summed E-state index contributed by atoms with van der Waals surface area (Å²) in [6.45, 7) is 7.88. The van der Waals surface area contributed by atoms with E-state index >= 15 is 0 Å². The molecule has 0 amide bonds. The van der Waals surface area contributed by atoms with Gasteiger partial charge in [0.1, 0.15) is 10.6 Å². The Kier molecular flexibility index (Phi) is 5.14. The number of aliphatic hydroxyl groups excluding tert-OH is 1. The molecule has 110 valence electrons. The largest absolute Gasteiger partial charge is 0.395 e. The zero-order chi connectivity index (χ0) is 14.5. The van der Waals surface area contributed by atoms with E-state index in [1.165, 1.54) is 0 Å². The summed E-state index contributed by atoms with van der Waals surface area (Å²) in [5, 5.41) is 15.6. The molecule has 0 atom stereocenters. The molecule has 0 saturated heterocycles. The maximum Gasteiger partial charge on any atom is 0.226 e. The van der Waals surface area contributed by atoms with Gasteiger partial charge in [0.15, 0.2) is 0 Å². The van der Waals surface area contributed by atoms with Crippen molar-refractivity contribution in [1.29, 1.82) is 0 Å². The number of thiophene rings is 1. The molecule has 0 radical (unpaired) electrons. The van der Waals surface area contributed by atoms with Crippen LogP contribution in [0.5, 0.6) is 0 Å². The van der Waals surface area contributed by atoms with Gasteiger partial charge in [-0.1, -0.05) is 6.92 Å². The molecule has 0 bridgehead atoms. The lowest BCUT2D eigenvalue weighted by atomic mass is 10.2. The van der Waals surface area contributed by atoms with E-state index in [2.05, 4.69) is 41.0 Å². The predicted molar refractivity (Wildman–Crippen MR) is 85.8 cm³/mol. The molecular formula is C14H22N4OS. The number of rotatable bonds is 7. The van der Waals surface area contributed by atoms with Crippen LogP contribution in [0.25, 0.3) is 10.2 Å². The summed E-state index contributed by atoms with van der Waals surface area (Å²) in [7, 11) is 0. The standard InChI is InChI=1S/C14H22N4OS/c1-4-6-15-14-16-12(18(7-8-19)10(2)3)11-5-9-20-13(11)17-14/h5,9-10,19H,4,6-8H2,1-3H3,(H,15,16,17). The van der Waals surface area contributed by atoms with E-state index in [4.69, 9.17) is 0 Å². The molecule has 2 heterocycles. The lowest BCUT2D eigenvalue weighted by molar-refractivity contribution is 0.299. The van der Waals surface area contributed by atoms with Crippen LogP contribution in [-0.4, -0.2) is 40.8 Å². The number of fused-ring (bicyclic) bond motifs is 1. The molecule has 0 spiro atoms. The Bertz CT molecular complexity index is 555. The van der Waals surface area contributed by atoms with Crippen molar-refractivity contribution in [2.45, 2.75) is 33.2 Å². The number of nitrogens with one attached hydrogen (secondary N) is 1. The average Bonchev–Trinajstić information content (AvgIpc) is 2.89. The van der Waals surface area contributed by atoms with E-state index < -0.39 is 0 Å². The second kappa shape index (κ2) is 6.85. The summed E-state index contributed by atoms with van der Waals surface area (Å²) >= 11 is 1.62. The van der Waals surface area contributed by atoms with Crippen LogP contribution in [0.3, 0.4) is 0 Å². The first-order valence-corrected chi connectivity index (χ1v) is 7.92. The fraction of sp³-hybridized carbons (Fsp3) is 0.571. The zero-order valence-corrected chi connectivity index (χ0v) is 13.1. The Labute approximate surface area is 123 Å². The lowest BCUT2D eigenvalue weighted by Crippen LogP contribution is -2.34. The molecule has 5 nitrogen and oxygen atoms in total. The first-order valence-electron chi connectivity index (χ1n) is 7.04. The Morgan fingerprint density at radius 3 is 2.85 bits per heavy atom. The summed E-state index contributed by atoms with van der Waals surface area (Å²) < 4.78 is 0. The summed E-state index contributed by atoms with van der Waals surface area (Å²) in [5.74, 6) is 1.57. The Balaban J connectivity index is 2.45. The van der Waals surface area contributed by atoms with Crippen molar-refractivity contribution in [2.75, 3.05) is 29.9 Å². The van der Waals surface area contributed by atoms with Crippen molar-refractivity contribution >= 4 is 33.3 Å². The fourth-order valence-corrected chi connectivity index (χ4v) is 2.85. The van der Waals surface area contributed by atoms with Gasteiger partial charge < -0.3 is 15.3 Å². The van der Waals surface area contributed by atoms with Gasteiger partial charge >= 0.3 is 0 Å². The predicted octanol–water partition coefficient (Wildman–Crippen LogP) is 2.72. The van der Waals surface area contributed by atoms with Crippen LogP contribution in [0, 0.1) is 0 Å². The van der Waals surface area contributed by atoms with Gasteiger partial charge in [-0.15, -0.1) is 11.3 Å². The summed E-state index contributed by atoms with van der Waals surface area (Å²) in [5.41, 5.74) is 0. The van der Waals surface area contributed by atoms with Crippen molar-refractivity contribution in [1.82, 2.24) is 9.97 Å². The monoisotopic (exact) mass is 294 g/mol. The van der Waals surface area contributed by atoms with E-state index in [0.717, 1.165) is 29.0 Å². The van der Waals surface area contributed by atoms with E-state index in [9.17, 15) is 5.11 Å². The quantitative estimate of drug-likeness (QED) is 0.822. The van der Waals surface area contributed by atoms with Gasteiger partial charge in [-0.2, -0.15) is 4.98 Å². The molecule has 6 heteroatoms. The topological polar surface area (TPSA) is 61.3 Å². The van der Waals surface area contributed by atoms with Crippen LogP contribution in [0.4, 0.5) is 11.8 Å². The third-order valence-electron chi connectivity index (χ3n) is 3.07. The molecule has 2 rings (SSSR count). The first-order chi connectivity index (χ1) is 9.67. The fourth-order valence-electron chi connectivity index (χ4n) is 2.09. The van der Waals surface area contributed by atoms with Gasteiger partial charge in [0, 0.05) is 19.1 Å². The maximum absolute atomic E-state index is 9.28. The van der Waals surface area contributed by atoms with Crippen LogP contribution in [0.2, 0.25) is 0 Å². The van der Waals surface area contributed by atoms with E-state index in [1.807, 2.05) is 11.4 Å². The highest BCUT2D eigenvalue weighted by Gasteiger charge is 2.17. The second-order valence-electron chi connectivity index (χ2n) is 4.95. The van der Waals surface area contributed by atoms with Gasteiger partial charge in [-0.25, -0.2) is 4.98 Å². The number of anilines is 2. The second-order valence-corrected chi connectivity index (χ2v) is 5.84. The number of hydrogen-bond donors (Lipinski definition) is 2. The van der Waals surface area contributed by atoms with Crippen LogP contribution < -0.4 is 10.2 Å². The Morgan fingerprint density at radius 1 is 1.40 bits per heavy atom. The molecule has 0 aliphatic heterocycles. The summed E-state index contributed by atoms with van der Waals surface area (Å²) in [6.07, 6.45) is 1.03. The van der Waals surface area contributed by atoms with Crippen molar-refractivity contribution < 1.29 is 5.11 Å². The van der Waals surface area contributed by atoms with E-state index in [1.54, 1.807) is 11.3 Å². The SMILES string of the molecule is CCCNc1nc(N(CCO)C(C)C)c2ccsc2n1. The molecule has 0 unspecified atom stereocenters. The third-order valence-corrected chi connectivity index (χ3v) is 3.88.